The normalized spacial score (nSPS) is 25.3. The Kier molecular flexibility index (Phi) is 6.31. The van der Waals surface area contributed by atoms with Gasteiger partial charge in [0.1, 0.15) is 9.79 Å². The molecule has 2 aromatic carbocycles. The molecule has 0 unspecified atom stereocenters. The summed E-state index contributed by atoms with van der Waals surface area (Å²) in [6.45, 7) is 4.14. The zero-order chi connectivity index (χ0) is 25.0. The third-order valence-corrected chi connectivity index (χ3v) is 7.46. The average molecular weight is 503 g/mol. The van der Waals surface area contributed by atoms with Crippen LogP contribution in [-0.2, 0) is 40.9 Å². The van der Waals surface area contributed by atoms with Crippen LogP contribution in [0.5, 0.6) is 0 Å². The SMILES string of the molecule is Cc1ccc(S(=O)(=O)O)c([C@]2(CO)OC(C)(C)O[C@@]2(CO)c2cc(C)ccc2S(=O)(=O)O)c1. The quantitative estimate of drug-likeness (QED) is 0.426. The van der Waals surface area contributed by atoms with Gasteiger partial charge in [0.2, 0.25) is 0 Å². The number of rotatable bonds is 6. The van der Waals surface area contributed by atoms with Crippen molar-refractivity contribution in [2.45, 2.75) is 54.5 Å². The van der Waals surface area contributed by atoms with Gasteiger partial charge < -0.3 is 19.7 Å². The lowest BCUT2D eigenvalue weighted by Gasteiger charge is -2.42. The minimum atomic E-state index is -4.86. The van der Waals surface area contributed by atoms with E-state index in [0.717, 1.165) is 12.1 Å². The van der Waals surface area contributed by atoms with Gasteiger partial charge in [-0.05, 0) is 39.8 Å². The van der Waals surface area contributed by atoms with Gasteiger partial charge in [0, 0.05) is 11.1 Å². The van der Waals surface area contributed by atoms with Crippen LogP contribution in [0, 0.1) is 13.8 Å². The molecular formula is C21H26O10S2. The molecule has 12 heteroatoms. The molecule has 0 aromatic heterocycles. The molecule has 1 heterocycles. The molecule has 10 nitrogen and oxygen atoms in total. The van der Waals surface area contributed by atoms with Crippen molar-refractivity contribution in [3.05, 3.63) is 58.7 Å². The molecule has 4 N–H and O–H groups in total. The van der Waals surface area contributed by atoms with E-state index in [1.165, 1.54) is 38.1 Å². The smallest absolute Gasteiger partial charge is 0.294 e. The Morgan fingerprint density at radius 1 is 0.727 bits per heavy atom. The summed E-state index contributed by atoms with van der Waals surface area (Å²) in [6.07, 6.45) is 0. The second-order valence-electron chi connectivity index (χ2n) is 8.52. The first-order chi connectivity index (χ1) is 15.0. The Hall–Kier alpha value is -1.90. The lowest BCUT2D eigenvalue weighted by Crippen LogP contribution is -2.53. The number of hydrogen-bond donors (Lipinski definition) is 4. The monoisotopic (exact) mass is 502 g/mol. The van der Waals surface area contributed by atoms with Crippen LogP contribution >= 0.6 is 0 Å². The molecule has 1 saturated heterocycles. The van der Waals surface area contributed by atoms with E-state index in [1.807, 2.05) is 0 Å². The zero-order valence-corrected chi connectivity index (χ0v) is 20.1. The van der Waals surface area contributed by atoms with E-state index in [0.29, 0.717) is 11.1 Å². The van der Waals surface area contributed by atoms with Crippen molar-refractivity contribution in [3.8, 4) is 0 Å². The maximum Gasteiger partial charge on any atom is 0.294 e. The van der Waals surface area contributed by atoms with Crippen LogP contribution in [-0.4, -0.2) is 55.2 Å². The third kappa shape index (κ3) is 4.21. The number of ether oxygens (including phenoxy) is 2. The number of hydrogen-bond acceptors (Lipinski definition) is 8. The van der Waals surface area contributed by atoms with Gasteiger partial charge in [-0.25, -0.2) is 0 Å². The van der Waals surface area contributed by atoms with Gasteiger partial charge in [-0.3, -0.25) is 9.11 Å². The number of benzene rings is 2. The number of aryl methyl sites for hydroxylation is 2. The van der Waals surface area contributed by atoms with E-state index in [-0.39, 0.29) is 11.1 Å². The summed E-state index contributed by atoms with van der Waals surface area (Å²) in [4.78, 5) is -1.25. The molecule has 182 valence electrons. The predicted octanol–water partition coefficient (Wildman–Crippen LogP) is 1.66. The lowest BCUT2D eigenvalue weighted by molar-refractivity contribution is -0.179. The van der Waals surface area contributed by atoms with Crippen LogP contribution < -0.4 is 0 Å². The molecule has 0 saturated carbocycles. The molecule has 1 aliphatic rings. The summed E-state index contributed by atoms with van der Waals surface area (Å²) in [6, 6.07) is 7.70. The molecule has 33 heavy (non-hydrogen) atoms. The van der Waals surface area contributed by atoms with E-state index in [1.54, 1.807) is 13.8 Å². The highest BCUT2D eigenvalue weighted by molar-refractivity contribution is 7.86. The highest BCUT2D eigenvalue weighted by Crippen LogP contribution is 2.57. The molecule has 2 atom stereocenters. The summed E-state index contributed by atoms with van der Waals surface area (Å²) in [5.74, 6) is -1.58. The second kappa shape index (κ2) is 8.10. The lowest BCUT2D eigenvalue weighted by atomic mass is 9.73. The average Bonchev–Trinajstić information content (AvgIpc) is 2.94. The van der Waals surface area contributed by atoms with Crippen LogP contribution in [0.1, 0.15) is 36.1 Å². The van der Waals surface area contributed by atoms with Crippen molar-refractivity contribution in [3.63, 3.8) is 0 Å². The van der Waals surface area contributed by atoms with Gasteiger partial charge in [0.25, 0.3) is 20.2 Å². The van der Waals surface area contributed by atoms with Gasteiger partial charge in [-0.15, -0.1) is 0 Å². The summed E-state index contributed by atoms with van der Waals surface area (Å²) < 4.78 is 80.8. The van der Waals surface area contributed by atoms with Crippen LogP contribution in [0.15, 0.2) is 46.2 Å². The Balaban J connectivity index is 2.56. The van der Waals surface area contributed by atoms with Crippen molar-refractivity contribution < 1.29 is 45.6 Å². The Bertz CT molecular complexity index is 1200. The molecule has 2 aromatic rings. The zero-order valence-electron chi connectivity index (χ0n) is 18.4. The van der Waals surface area contributed by atoms with Crippen LogP contribution in [0.4, 0.5) is 0 Å². The molecule has 3 rings (SSSR count). The predicted molar refractivity (Wildman–Crippen MR) is 116 cm³/mol. The van der Waals surface area contributed by atoms with E-state index in [4.69, 9.17) is 9.47 Å². The largest absolute Gasteiger partial charge is 0.393 e. The second-order valence-corrected chi connectivity index (χ2v) is 11.3. The summed E-state index contributed by atoms with van der Waals surface area (Å²) in [5, 5.41) is 21.3. The summed E-state index contributed by atoms with van der Waals surface area (Å²) in [5.41, 5.74) is -3.90. The highest BCUT2D eigenvalue weighted by atomic mass is 32.2. The van der Waals surface area contributed by atoms with Crippen molar-refractivity contribution in [2.75, 3.05) is 13.2 Å². The molecule has 1 aliphatic heterocycles. The molecule has 0 bridgehead atoms. The topological polar surface area (TPSA) is 168 Å². The fourth-order valence-corrected chi connectivity index (χ4v) is 5.91. The van der Waals surface area contributed by atoms with Crippen molar-refractivity contribution in [2.24, 2.45) is 0 Å². The van der Waals surface area contributed by atoms with Crippen molar-refractivity contribution in [1.82, 2.24) is 0 Å². The van der Waals surface area contributed by atoms with Crippen molar-refractivity contribution in [1.29, 1.82) is 0 Å². The van der Waals surface area contributed by atoms with E-state index >= 15 is 0 Å². The van der Waals surface area contributed by atoms with Crippen LogP contribution in [0.25, 0.3) is 0 Å². The van der Waals surface area contributed by atoms with E-state index in [9.17, 15) is 36.2 Å². The summed E-state index contributed by atoms with van der Waals surface area (Å²) in [7, 11) is -9.71. The maximum absolute atomic E-state index is 12.2. The third-order valence-electron chi connectivity index (χ3n) is 5.63. The molecular weight excluding hydrogens is 476 g/mol. The molecule has 1 fully saturated rings. The first kappa shape index (κ1) is 25.7. The highest BCUT2D eigenvalue weighted by Gasteiger charge is 2.67. The van der Waals surface area contributed by atoms with E-state index < -0.39 is 60.2 Å². The minimum Gasteiger partial charge on any atom is -0.393 e. The standard InChI is InChI=1S/C21H26O10S2/c1-13-5-7-17(32(24,25)26)15(9-13)20(11-22)21(12-23,31-19(3,4)30-20)16-10-14(2)6-8-18(16)33(27,28)29/h5-10,22-23H,11-12H2,1-4H3,(H,24,25,26)(H,27,28,29)/t20-,21-/m0/s1. The molecule has 0 aliphatic carbocycles. The molecule has 0 spiro atoms. The Labute approximate surface area is 192 Å². The first-order valence-corrected chi connectivity index (χ1v) is 12.7. The van der Waals surface area contributed by atoms with Gasteiger partial charge >= 0.3 is 0 Å². The van der Waals surface area contributed by atoms with Crippen LogP contribution in [0.2, 0.25) is 0 Å². The fraction of sp³-hybridized carbons (Fsp3) is 0.429. The van der Waals surface area contributed by atoms with Gasteiger partial charge in [-0.1, -0.05) is 35.4 Å². The van der Waals surface area contributed by atoms with Gasteiger partial charge in [0.05, 0.1) is 13.2 Å². The van der Waals surface area contributed by atoms with E-state index in [2.05, 4.69) is 0 Å². The molecule has 0 radical (unpaired) electrons. The molecule has 0 amide bonds. The number of aliphatic hydroxyl groups is 2. The van der Waals surface area contributed by atoms with Gasteiger partial charge in [-0.2, -0.15) is 16.8 Å². The fourth-order valence-electron chi connectivity index (χ4n) is 4.43. The Morgan fingerprint density at radius 3 is 1.33 bits per heavy atom. The van der Waals surface area contributed by atoms with Gasteiger partial charge in [0.15, 0.2) is 17.0 Å². The summed E-state index contributed by atoms with van der Waals surface area (Å²) >= 11 is 0. The minimum absolute atomic E-state index is 0.255. The maximum atomic E-state index is 12.2. The number of aliphatic hydroxyl groups excluding tert-OH is 2. The first-order valence-electron chi connectivity index (χ1n) is 9.82. The van der Waals surface area contributed by atoms with Crippen molar-refractivity contribution >= 4 is 20.2 Å². The Morgan fingerprint density at radius 2 is 1.06 bits per heavy atom. The van der Waals surface area contributed by atoms with Crippen LogP contribution in [0.3, 0.4) is 0 Å².